The van der Waals surface area contributed by atoms with Crippen LogP contribution in [-0.4, -0.2) is 9.97 Å². The van der Waals surface area contributed by atoms with Gasteiger partial charge in [-0.1, -0.05) is 32.9 Å². The average molecular weight is 226 g/mol. The van der Waals surface area contributed by atoms with Crippen molar-refractivity contribution >= 4 is 32.9 Å². The van der Waals surface area contributed by atoms with E-state index in [9.17, 15) is 0 Å². The largest absolute Gasteiger partial charge is 0.258 e. The van der Waals surface area contributed by atoms with Gasteiger partial charge in [-0.15, -0.1) is 0 Å². The molecule has 2 aromatic heterocycles. The quantitative estimate of drug-likeness (QED) is 0.551. The van der Waals surface area contributed by atoms with Gasteiger partial charge in [-0.05, 0) is 13.0 Å². The maximum atomic E-state index is 5.04. The molecule has 0 saturated carbocycles. The van der Waals surface area contributed by atoms with Gasteiger partial charge in [0.2, 0.25) is 0 Å². The summed E-state index contributed by atoms with van der Waals surface area (Å²) in [5.41, 5.74) is 1.84. The normalized spacial score (nSPS) is 10.2. The van der Waals surface area contributed by atoms with Crippen LogP contribution in [0.5, 0.6) is 0 Å². The number of hydrogen-bond acceptors (Lipinski definition) is 5. The van der Waals surface area contributed by atoms with Crippen LogP contribution in [0, 0.1) is 10.7 Å². The predicted molar refractivity (Wildman–Crippen MR) is 58.8 cm³/mol. The van der Waals surface area contributed by atoms with Crippen LogP contribution in [0.25, 0.3) is 10.6 Å². The standard InChI is InChI=1S/C8H6N2S3/c1-5-3-10-6(4-9-5)7-2-8(11)13-12-7/h2-4H,1H3. The summed E-state index contributed by atoms with van der Waals surface area (Å²) < 4.78 is 0.905. The summed E-state index contributed by atoms with van der Waals surface area (Å²) in [7, 11) is 3.24. The molecule has 0 bridgehead atoms. The molecule has 2 rings (SSSR count). The van der Waals surface area contributed by atoms with Gasteiger partial charge in [0.1, 0.15) is 3.82 Å². The molecule has 0 fully saturated rings. The Morgan fingerprint density at radius 1 is 1.23 bits per heavy atom. The molecule has 0 aliphatic rings. The molecule has 2 heterocycles. The zero-order valence-corrected chi connectivity index (χ0v) is 9.30. The molecule has 0 aliphatic carbocycles. The van der Waals surface area contributed by atoms with Gasteiger partial charge in [-0.3, -0.25) is 9.97 Å². The first kappa shape index (κ1) is 8.93. The molecule has 0 unspecified atom stereocenters. The maximum Gasteiger partial charge on any atom is 0.102 e. The maximum absolute atomic E-state index is 5.04. The minimum atomic E-state index is 0.905. The zero-order chi connectivity index (χ0) is 9.26. The van der Waals surface area contributed by atoms with Crippen molar-refractivity contribution in [3.05, 3.63) is 28.0 Å². The molecule has 66 valence electrons. The van der Waals surface area contributed by atoms with Gasteiger partial charge in [0.05, 0.1) is 22.5 Å². The fourth-order valence-corrected chi connectivity index (χ4v) is 3.21. The van der Waals surface area contributed by atoms with Crippen LogP contribution in [0.4, 0.5) is 0 Å². The third kappa shape index (κ3) is 1.99. The number of aryl methyl sites for hydroxylation is 1. The van der Waals surface area contributed by atoms with Crippen molar-refractivity contribution < 1.29 is 0 Å². The van der Waals surface area contributed by atoms with Crippen LogP contribution in [0.15, 0.2) is 18.5 Å². The fraction of sp³-hybridized carbons (Fsp3) is 0.125. The molecule has 0 amide bonds. The number of nitrogens with zero attached hydrogens (tertiary/aromatic N) is 2. The summed E-state index contributed by atoms with van der Waals surface area (Å²) in [6.45, 7) is 1.92. The summed E-state index contributed by atoms with van der Waals surface area (Å²) in [6, 6.07) is 1.96. The van der Waals surface area contributed by atoms with E-state index in [2.05, 4.69) is 9.97 Å². The van der Waals surface area contributed by atoms with Gasteiger partial charge in [0.15, 0.2) is 0 Å². The molecule has 0 aromatic carbocycles. The Labute approximate surface area is 88.3 Å². The average Bonchev–Trinajstić information content (AvgIpc) is 2.53. The van der Waals surface area contributed by atoms with E-state index < -0.39 is 0 Å². The third-order valence-corrected chi connectivity index (χ3v) is 4.38. The first-order valence-electron chi connectivity index (χ1n) is 3.65. The molecule has 0 N–H and O–H groups in total. The van der Waals surface area contributed by atoms with Gasteiger partial charge in [-0.2, -0.15) is 0 Å². The first-order valence-corrected chi connectivity index (χ1v) is 6.21. The van der Waals surface area contributed by atoms with Crippen LogP contribution in [-0.2, 0) is 0 Å². The Morgan fingerprint density at radius 3 is 2.62 bits per heavy atom. The molecular weight excluding hydrogens is 220 g/mol. The van der Waals surface area contributed by atoms with E-state index >= 15 is 0 Å². The van der Waals surface area contributed by atoms with E-state index in [1.54, 1.807) is 33.1 Å². The molecule has 2 nitrogen and oxygen atoms in total. The molecule has 5 heteroatoms. The van der Waals surface area contributed by atoms with Crippen molar-refractivity contribution in [3.8, 4) is 10.6 Å². The van der Waals surface area contributed by atoms with Crippen LogP contribution in [0.1, 0.15) is 5.69 Å². The highest BCUT2D eigenvalue weighted by molar-refractivity contribution is 7.80. The minimum Gasteiger partial charge on any atom is -0.258 e. The van der Waals surface area contributed by atoms with Crippen molar-refractivity contribution in [3.63, 3.8) is 0 Å². The summed E-state index contributed by atoms with van der Waals surface area (Å²) in [5.74, 6) is 0. The highest BCUT2D eigenvalue weighted by Gasteiger charge is 2.01. The molecule has 0 atom stereocenters. The Kier molecular flexibility index (Phi) is 2.48. The molecule has 0 saturated heterocycles. The SMILES string of the molecule is Cc1cnc(-c2cc(=S)ss2)cn1. The Bertz CT molecular complexity index is 455. The first-order chi connectivity index (χ1) is 6.25. The van der Waals surface area contributed by atoms with Crippen molar-refractivity contribution in [2.45, 2.75) is 6.92 Å². The van der Waals surface area contributed by atoms with E-state index in [1.165, 1.54) is 0 Å². The van der Waals surface area contributed by atoms with Gasteiger partial charge in [0.25, 0.3) is 0 Å². The fourth-order valence-electron chi connectivity index (χ4n) is 0.878. The second-order valence-electron chi connectivity index (χ2n) is 2.54. The number of hydrogen-bond donors (Lipinski definition) is 0. The van der Waals surface area contributed by atoms with E-state index in [0.717, 1.165) is 20.1 Å². The summed E-state index contributed by atoms with van der Waals surface area (Å²) in [5, 5.41) is 0. The molecule has 13 heavy (non-hydrogen) atoms. The van der Waals surface area contributed by atoms with Gasteiger partial charge in [0, 0.05) is 6.20 Å². The minimum absolute atomic E-state index is 0.905. The zero-order valence-electron chi connectivity index (χ0n) is 6.85. The van der Waals surface area contributed by atoms with Crippen LogP contribution in [0.3, 0.4) is 0 Å². The summed E-state index contributed by atoms with van der Waals surface area (Å²) in [6.07, 6.45) is 3.55. The van der Waals surface area contributed by atoms with Crippen LogP contribution in [0.2, 0.25) is 0 Å². The Morgan fingerprint density at radius 2 is 2.08 bits per heavy atom. The third-order valence-electron chi connectivity index (χ3n) is 1.50. The van der Waals surface area contributed by atoms with Crippen molar-refractivity contribution in [1.82, 2.24) is 9.97 Å². The molecule has 0 aliphatic heterocycles. The lowest BCUT2D eigenvalue weighted by Gasteiger charge is -1.94. The van der Waals surface area contributed by atoms with Crippen LogP contribution < -0.4 is 0 Å². The molecule has 2 aromatic rings. The van der Waals surface area contributed by atoms with Crippen molar-refractivity contribution in [1.29, 1.82) is 0 Å². The molecular formula is C8H6N2S3. The van der Waals surface area contributed by atoms with E-state index in [4.69, 9.17) is 12.2 Å². The Balaban J connectivity index is 2.47. The van der Waals surface area contributed by atoms with Gasteiger partial charge in [-0.25, -0.2) is 0 Å². The van der Waals surface area contributed by atoms with Gasteiger partial charge < -0.3 is 0 Å². The molecule has 0 radical (unpaired) electrons. The molecule has 0 spiro atoms. The lowest BCUT2D eigenvalue weighted by molar-refractivity contribution is 1.13. The monoisotopic (exact) mass is 226 g/mol. The smallest absolute Gasteiger partial charge is 0.102 e. The highest BCUT2D eigenvalue weighted by atomic mass is 32.9. The second kappa shape index (κ2) is 3.61. The topological polar surface area (TPSA) is 25.8 Å². The van der Waals surface area contributed by atoms with Crippen LogP contribution >= 0.6 is 32.9 Å². The number of aromatic nitrogens is 2. The van der Waals surface area contributed by atoms with E-state index in [1.807, 2.05) is 13.0 Å². The number of rotatable bonds is 1. The predicted octanol–water partition coefficient (Wildman–Crippen LogP) is 3.30. The lowest BCUT2D eigenvalue weighted by atomic mass is 10.3. The van der Waals surface area contributed by atoms with Crippen molar-refractivity contribution in [2.24, 2.45) is 0 Å². The highest BCUT2D eigenvalue weighted by Crippen LogP contribution is 2.26. The lowest BCUT2D eigenvalue weighted by Crippen LogP contribution is -1.85. The second-order valence-corrected chi connectivity index (χ2v) is 5.45. The van der Waals surface area contributed by atoms with E-state index in [-0.39, 0.29) is 0 Å². The summed E-state index contributed by atoms with van der Waals surface area (Å²) >= 11 is 5.04. The summed E-state index contributed by atoms with van der Waals surface area (Å²) in [4.78, 5) is 9.55. The Hall–Kier alpha value is -0.650. The van der Waals surface area contributed by atoms with Gasteiger partial charge >= 0.3 is 0 Å². The van der Waals surface area contributed by atoms with E-state index in [0.29, 0.717) is 0 Å². The van der Waals surface area contributed by atoms with Crippen molar-refractivity contribution in [2.75, 3.05) is 0 Å².